The Kier molecular flexibility index (Phi) is 6.04. The molecule has 7 aromatic rings. The van der Waals surface area contributed by atoms with E-state index in [0.29, 0.717) is 39.1 Å². The van der Waals surface area contributed by atoms with Crippen LogP contribution in [-0.4, -0.2) is 46.8 Å². The molecule has 8 nitrogen and oxygen atoms in total. The molecule has 2 heterocycles. The van der Waals surface area contributed by atoms with Gasteiger partial charge in [0.05, 0.1) is 20.8 Å². The van der Waals surface area contributed by atoms with Gasteiger partial charge in [0.1, 0.15) is 11.5 Å². The maximum atomic E-state index is 14.0. The Bertz CT molecular complexity index is 2430. The average Bonchev–Trinajstić information content (AvgIpc) is 3.13. The first-order valence-electron chi connectivity index (χ1n) is 15.7. The highest BCUT2D eigenvalue weighted by molar-refractivity contribution is 6.39. The van der Waals surface area contributed by atoms with Gasteiger partial charge in [-0.25, -0.2) is 0 Å². The standard InChI is InChI=1S/C40H28N2O6/c1-47-23-7-3-21(4-8-23)19-41-37(43)29-15-11-25-27-13-17-31-36-32(40(46)42(39(31)45)20-22-5-9-24(48-2)10-6-22)18-14-28(34(27)36)26-12-16-30(38(41)44)35(29)33(25)26/h3-18,37,43H,19-20H2,1-2H3. The number of benzene rings is 7. The molecular formula is C40H28N2O6. The Morgan fingerprint density at radius 1 is 0.521 bits per heavy atom. The van der Waals surface area contributed by atoms with Gasteiger partial charge in [0.2, 0.25) is 0 Å². The van der Waals surface area contributed by atoms with Gasteiger partial charge in [-0.2, -0.15) is 0 Å². The van der Waals surface area contributed by atoms with Gasteiger partial charge in [0.25, 0.3) is 17.7 Å². The van der Waals surface area contributed by atoms with Gasteiger partial charge >= 0.3 is 0 Å². The van der Waals surface area contributed by atoms with Crippen molar-refractivity contribution in [3.8, 4) is 11.5 Å². The highest BCUT2D eigenvalue weighted by Gasteiger charge is 2.37. The number of ether oxygens (including phenoxy) is 2. The summed E-state index contributed by atoms with van der Waals surface area (Å²) in [6.07, 6.45) is -1.14. The summed E-state index contributed by atoms with van der Waals surface area (Å²) in [5.41, 5.74) is 3.84. The molecule has 0 fully saturated rings. The van der Waals surface area contributed by atoms with E-state index in [2.05, 4.69) is 0 Å². The van der Waals surface area contributed by atoms with Crippen molar-refractivity contribution in [1.29, 1.82) is 0 Å². The molecule has 1 atom stereocenters. The largest absolute Gasteiger partial charge is 0.497 e. The molecule has 234 valence electrons. The van der Waals surface area contributed by atoms with E-state index in [4.69, 9.17) is 9.47 Å². The van der Waals surface area contributed by atoms with Gasteiger partial charge in [-0.1, -0.05) is 54.6 Å². The van der Waals surface area contributed by atoms with E-state index in [1.807, 2.05) is 84.9 Å². The van der Waals surface area contributed by atoms with Crippen LogP contribution in [0.2, 0.25) is 0 Å². The van der Waals surface area contributed by atoms with E-state index in [1.54, 1.807) is 26.4 Å². The lowest BCUT2D eigenvalue weighted by Crippen LogP contribution is -2.39. The fraction of sp³-hybridized carbons (Fsp3) is 0.125. The topological polar surface area (TPSA) is 96.4 Å². The number of fused-ring (bicyclic) bond motifs is 2. The summed E-state index contributed by atoms with van der Waals surface area (Å²) in [6.45, 7) is 0.380. The van der Waals surface area contributed by atoms with Crippen LogP contribution in [0, 0.1) is 0 Å². The maximum Gasteiger partial charge on any atom is 0.261 e. The lowest BCUT2D eigenvalue weighted by molar-refractivity contribution is 0.000886. The van der Waals surface area contributed by atoms with E-state index in [0.717, 1.165) is 48.8 Å². The number of aliphatic hydroxyl groups is 1. The first-order chi connectivity index (χ1) is 23.4. The molecule has 0 bridgehead atoms. The second kappa shape index (κ2) is 10.3. The molecule has 0 spiro atoms. The molecule has 48 heavy (non-hydrogen) atoms. The molecule has 8 heteroatoms. The molecule has 0 saturated carbocycles. The van der Waals surface area contributed by atoms with E-state index in [1.165, 1.54) is 9.80 Å². The van der Waals surface area contributed by atoms with Crippen LogP contribution in [0.3, 0.4) is 0 Å². The molecule has 0 aliphatic carbocycles. The molecule has 0 saturated heterocycles. The molecule has 3 amide bonds. The Hall–Kier alpha value is -5.99. The van der Waals surface area contributed by atoms with Gasteiger partial charge < -0.3 is 19.5 Å². The van der Waals surface area contributed by atoms with E-state index >= 15 is 0 Å². The molecule has 2 aliphatic heterocycles. The Balaban J connectivity index is 1.18. The minimum atomic E-state index is -1.14. The first-order valence-corrected chi connectivity index (χ1v) is 15.7. The molecule has 2 aliphatic rings. The number of rotatable bonds is 6. The van der Waals surface area contributed by atoms with Gasteiger partial charge in [0.15, 0.2) is 6.23 Å². The SMILES string of the molecule is COc1ccc(CN2C(=O)c3ccc4c5ccc6c7c(ccc(c8ccc(c3c48)C2=O)c75)C(O)N(Cc2ccc(OC)cc2)C6=O)cc1. The van der Waals surface area contributed by atoms with Crippen LogP contribution in [0.1, 0.15) is 54.0 Å². The molecule has 1 unspecified atom stereocenters. The van der Waals surface area contributed by atoms with Crippen molar-refractivity contribution < 1.29 is 29.0 Å². The van der Waals surface area contributed by atoms with Crippen molar-refractivity contribution in [1.82, 2.24) is 9.80 Å². The number of aliphatic hydroxyl groups excluding tert-OH is 1. The monoisotopic (exact) mass is 632 g/mol. The maximum absolute atomic E-state index is 14.0. The summed E-state index contributed by atoms with van der Waals surface area (Å²) in [4.78, 5) is 44.6. The number of carbonyl (C=O) groups excluding carboxylic acids is 3. The third-order valence-corrected chi connectivity index (χ3v) is 9.96. The van der Waals surface area contributed by atoms with Gasteiger partial charge in [-0.3, -0.25) is 19.3 Å². The molecular weight excluding hydrogens is 604 g/mol. The smallest absolute Gasteiger partial charge is 0.261 e. The third-order valence-electron chi connectivity index (χ3n) is 9.96. The third kappa shape index (κ3) is 3.83. The number of amides is 3. The van der Waals surface area contributed by atoms with Crippen LogP contribution >= 0.6 is 0 Å². The zero-order chi connectivity index (χ0) is 32.8. The van der Waals surface area contributed by atoms with Crippen molar-refractivity contribution in [2.24, 2.45) is 0 Å². The van der Waals surface area contributed by atoms with Crippen LogP contribution in [0.15, 0.2) is 97.1 Å². The Morgan fingerprint density at radius 3 is 1.46 bits per heavy atom. The van der Waals surface area contributed by atoms with Crippen molar-refractivity contribution in [3.05, 3.63) is 130 Å². The van der Waals surface area contributed by atoms with Crippen LogP contribution in [-0.2, 0) is 13.1 Å². The summed E-state index contributed by atoms with van der Waals surface area (Å²) in [5.74, 6) is 0.486. The minimum absolute atomic E-state index is 0.144. The molecule has 0 radical (unpaired) electrons. The van der Waals surface area contributed by atoms with Crippen LogP contribution in [0.25, 0.3) is 43.1 Å². The van der Waals surface area contributed by atoms with Crippen LogP contribution in [0.5, 0.6) is 11.5 Å². The fourth-order valence-electron chi connectivity index (χ4n) is 7.62. The zero-order valence-corrected chi connectivity index (χ0v) is 26.1. The second-order valence-corrected chi connectivity index (χ2v) is 12.4. The lowest BCUT2D eigenvalue weighted by atomic mass is 9.82. The van der Waals surface area contributed by atoms with Crippen LogP contribution < -0.4 is 9.47 Å². The quantitative estimate of drug-likeness (QED) is 0.118. The van der Waals surface area contributed by atoms with Gasteiger partial charge in [-0.15, -0.1) is 0 Å². The first kappa shape index (κ1) is 28.3. The van der Waals surface area contributed by atoms with Crippen LogP contribution in [0.4, 0.5) is 0 Å². The fourth-order valence-corrected chi connectivity index (χ4v) is 7.62. The number of imide groups is 1. The molecule has 0 aromatic heterocycles. The lowest BCUT2D eigenvalue weighted by Gasteiger charge is -2.35. The van der Waals surface area contributed by atoms with Crippen molar-refractivity contribution in [2.45, 2.75) is 19.3 Å². The highest BCUT2D eigenvalue weighted by atomic mass is 16.5. The normalized spacial score (nSPS) is 15.8. The van der Waals surface area contributed by atoms with Gasteiger partial charge in [0, 0.05) is 39.6 Å². The summed E-state index contributed by atoms with van der Waals surface area (Å²) < 4.78 is 10.5. The van der Waals surface area contributed by atoms with Crippen molar-refractivity contribution >= 4 is 60.8 Å². The number of nitrogens with zero attached hydrogens (tertiary/aromatic N) is 2. The molecule has 7 aromatic carbocycles. The molecule has 1 N–H and O–H groups in total. The predicted octanol–water partition coefficient (Wildman–Crippen LogP) is 7.20. The summed E-state index contributed by atoms with van der Waals surface area (Å²) in [7, 11) is 3.19. The minimum Gasteiger partial charge on any atom is -0.497 e. The summed E-state index contributed by atoms with van der Waals surface area (Å²) in [5, 5.41) is 18.3. The van der Waals surface area contributed by atoms with Crippen molar-refractivity contribution in [3.63, 3.8) is 0 Å². The zero-order valence-electron chi connectivity index (χ0n) is 26.1. The molecule has 9 rings (SSSR count). The number of carbonyl (C=O) groups is 3. The van der Waals surface area contributed by atoms with E-state index in [9.17, 15) is 19.5 Å². The average molecular weight is 633 g/mol. The van der Waals surface area contributed by atoms with Gasteiger partial charge in [-0.05, 0) is 85.9 Å². The van der Waals surface area contributed by atoms with E-state index in [-0.39, 0.29) is 30.8 Å². The second-order valence-electron chi connectivity index (χ2n) is 12.4. The highest BCUT2D eigenvalue weighted by Crippen LogP contribution is 2.47. The number of hydrogen-bond donors (Lipinski definition) is 1. The predicted molar refractivity (Wildman–Crippen MR) is 183 cm³/mol. The number of methoxy groups -OCH3 is 2. The summed E-state index contributed by atoms with van der Waals surface area (Å²) in [6, 6.07) is 29.9. The Labute approximate surface area is 274 Å². The van der Waals surface area contributed by atoms with E-state index < -0.39 is 6.23 Å². The Morgan fingerprint density at radius 2 is 0.958 bits per heavy atom. The van der Waals surface area contributed by atoms with Crippen molar-refractivity contribution in [2.75, 3.05) is 14.2 Å². The summed E-state index contributed by atoms with van der Waals surface area (Å²) >= 11 is 0. The number of hydrogen-bond acceptors (Lipinski definition) is 6.